The van der Waals surface area contributed by atoms with Gasteiger partial charge in [-0.05, 0) is 36.1 Å². The zero-order valence-electron chi connectivity index (χ0n) is 23.6. The first-order valence-electron chi connectivity index (χ1n) is 12.3. The molecule has 1 rings (SSSR count). The summed E-state index contributed by atoms with van der Waals surface area (Å²) in [4.78, 5) is 0. The molecular weight excluding hydrogens is 512 g/mol. The molecule has 0 saturated carbocycles. The average molecular weight is 561 g/mol. The molecule has 0 saturated heterocycles. The molecule has 0 aliphatic rings. The van der Waals surface area contributed by atoms with Crippen molar-refractivity contribution >= 4 is 23.7 Å². The third-order valence-electron chi connectivity index (χ3n) is 5.41. The maximum atomic E-state index is 5.65. The monoisotopic (exact) mass is 560 g/mol. The zero-order valence-corrected chi connectivity index (χ0v) is 25.6. The van der Waals surface area contributed by atoms with Crippen molar-refractivity contribution in [3.8, 4) is 0 Å². The van der Waals surface area contributed by atoms with Crippen molar-refractivity contribution in [1.82, 2.24) is 0 Å². The number of hydrogen-bond donors (Lipinski definition) is 0. The smallest absolute Gasteiger partial charge is 0.382 e. The fourth-order valence-electron chi connectivity index (χ4n) is 3.28. The van der Waals surface area contributed by atoms with Crippen molar-refractivity contribution in [3.63, 3.8) is 0 Å². The van der Waals surface area contributed by atoms with Crippen molar-refractivity contribution in [2.24, 2.45) is 0 Å². The second-order valence-electron chi connectivity index (χ2n) is 7.74. The molecule has 214 valence electrons. The normalized spacial score (nSPS) is 11.6. The van der Waals surface area contributed by atoms with Gasteiger partial charge in [0.25, 0.3) is 0 Å². The number of ether oxygens (including phenoxy) is 3. The summed E-state index contributed by atoms with van der Waals surface area (Å²) in [6.07, 6.45) is 5.08. The van der Waals surface area contributed by atoms with Gasteiger partial charge in [0.05, 0.1) is 39.6 Å². The van der Waals surface area contributed by atoms with Crippen LogP contribution in [0.25, 0.3) is 6.08 Å². The van der Waals surface area contributed by atoms with Gasteiger partial charge in [-0.3, -0.25) is 0 Å². The first-order chi connectivity index (χ1) is 18.0. The highest BCUT2D eigenvalue weighted by molar-refractivity contribution is 6.66. The van der Waals surface area contributed by atoms with Crippen LogP contribution in [0.3, 0.4) is 0 Å². The molecule has 0 amide bonds. The Balaban J connectivity index is 0.000000702. The lowest BCUT2D eigenvalue weighted by Gasteiger charge is -2.26. The fourth-order valence-corrected chi connectivity index (χ4v) is 6.78. The zero-order chi connectivity index (χ0) is 27.8. The van der Waals surface area contributed by atoms with E-state index in [9.17, 15) is 0 Å². The summed E-state index contributed by atoms with van der Waals surface area (Å²) < 4.78 is 48.0. The predicted molar refractivity (Wildman–Crippen MR) is 150 cm³/mol. The topological polar surface area (TPSA) is 83.1 Å². The van der Waals surface area contributed by atoms with Gasteiger partial charge in [-0.2, -0.15) is 0 Å². The van der Waals surface area contributed by atoms with Gasteiger partial charge < -0.3 is 40.8 Å². The van der Waals surface area contributed by atoms with Gasteiger partial charge in [0.1, 0.15) is 0 Å². The summed E-state index contributed by atoms with van der Waals surface area (Å²) in [7, 11) is 4.55. The molecule has 0 heterocycles. The van der Waals surface area contributed by atoms with Gasteiger partial charge in [-0.15, -0.1) is 0 Å². The van der Waals surface area contributed by atoms with Gasteiger partial charge in [0.15, 0.2) is 0 Å². The van der Waals surface area contributed by atoms with Crippen LogP contribution in [0.2, 0.25) is 6.04 Å². The quantitative estimate of drug-likeness (QED) is 0.153. The van der Waals surface area contributed by atoms with E-state index in [0.29, 0.717) is 39.6 Å². The van der Waals surface area contributed by atoms with Crippen LogP contribution in [0, 0.1) is 0 Å². The Morgan fingerprint density at radius 2 is 1.16 bits per heavy atom. The van der Waals surface area contributed by atoms with Crippen LogP contribution in [-0.2, 0) is 47.2 Å². The van der Waals surface area contributed by atoms with Crippen LogP contribution in [0.5, 0.6) is 0 Å². The maximum absolute atomic E-state index is 5.65. The molecule has 1 aromatic carbocycles. The standard InChI is InChI=1S/C15H24O3Si.C11H24O6Si/c1-5-14-10-6-7-11-15(14)12-8-9-13-19(16-2,17-3)18-4;1-5-18(15-9-6-12-2,16-10-7-13-3)17-11-8-14-4/h5-7,10-11H,1,8-9,12-13H2,2-4H3;5H,1,6-11H2,2-4H3. The van der Waals surface area contributed by atoms with Crippen LogP contribution in [0.1, 0.15) is 24.0 Å². The second kappa shape index (κ2) is 22.7. The fraction of sp³-hybridized carbons (Fsp3) is 0.615. The Hall–Kier alpha value is -1.23. The molecule has 0 aliphatic heterocycles. The van der Waals surface area contributed by atoms with Crippen LogP contribution in [0.4, 0.5) is 0 Å². The Morgan fingerprint density at radius 3 is 1.57 bits per heavy atom. The molecule has 1 aromatic rings. The Labute approximate surface area is 226 Å². The molecule has 0 atom stereocenters. The van der Waals surface area contributed by atoms with Crippen molar-refractivity contribution in [1.29, 1.82) is 0 Å². The van der Waals surface area contributed by atoms with Crippen LogP contribution >= 0.6 is 0 Å². The Kier molecular flexibility index (Phi) is 22.0. The number of unbranched alkanes of at least 4 members (excludes halogenated alkanes) is 1. The van der Waals surface area contributed by atoms with E-state index in [1.165, 1.54) is 11.1 Å². The summed E-state index contributed by atoms with van der Waals surface area (Å²) in [6, 6.07) is 9.22. The van der Waals surface area contributed by atoms with E-state index in [1.54, 1.807) is 48.4 Å². The van der Waals surface area contributed by atoms with E-state index >= 15 is 0 Å². The first-order valence-corrected chi connectivity index (χ1v) is 16.1. The lowest BCUT2D eigenvalue weighted by atomic mass is 10.0. The summed E-state index contributed by atoms with van der Waals surface area (Å²) in [5.74, 6) is 0. The lowest BCUT2D eigenvalue weighted by Crippen LogP contribution is -2.46. The molecule has 0 radical (unpaired) electrons. The largest absolute Gasteiger partial charge is 0.529 e. The molecular formula is C26H48O9Si2. The summed E-state index contributed by atoms with van der Waals surface area (Å²) in [6.45, 7) is 10.2. The number of rotatable bonds is 22. The van der Waals surface area contributed by atoms with Crippen molar-refractivity contribution in [3.05, 3.63) is 54.2 Å². The first kappa shape index (κ1) is 35.8. The van der Waals surface area contributed by atoms with Crippen molar-refractivity contribution < 1.29 is 40.8 Å². The van der Waals surface area contributed by atoms with E-state index in [-0.39, 0.29) is 0 Å². The molecule has 11 heteroatoms. The van der Waals surface area contributed by atoms with Crippen molar-refractivity contribution in [2.75, 3.05) is 82.3 Å². The third-order valence-corrected chi connectivity index (χ3v) is 10.6. The molecule has 0 fully saturated rings. The molecule has 0 aromatic heterocycles. The number of benzene rings is 1. The minimum atomic E-state index is -2.86. The van der Waals surface area contributed by atoms with E-state index in [4.69, 9.17) is 40.8 Å². The number of aryl methyl sites for hydroxylation is 1. The van der Waals surface area contributed by atoms with E-state index in [2.05, 4.69) is 31.4 Å². The highest BCUT2D eigenvalue weighted by Crippen LogP contribution is 2.19. The number of methoxy groups -OCH3 is 3. The van der Waals surface area contributed by atoms with E-state index < -0.39 is 17.6 Å². The third kappa shape index (κ3) is 15.1. The molecule has 0 spiro atoms. The molecule has 0 bridgehead atoms. The highest BCUT2D eigenvalue weighted by Gasteiger charge is 2.38. The van der Waals surface area contributed by atoms with Crippen molar-refractivity contribution in [2.45, 2.75) is 25.3 Å². The Morgan fingerprint density at radius 1 is 0.676 bits per heavy atom. The summed E-state index contributed by atoms with van der Waals surface area (Å²) in [5, 5.41) is 0. The Bertz CT molecular complexity index is 668. The molecule has 0 unspecified atom stereocenters. The van der Waals surface area contributed by atoms with Crippen LogP contribution in [0.15, 0.2) is 43.1 Å². The lowest BCUT2D eigenvalue weighted by molar-refractivity contribution is 0.0232. The maximum Gasteiger partial charge on any atom is 0.529 e. The van der Waals surface area contributed by atoms with Gasteiger partial charge >= 0.3 is 17.6 Å². The van der Waals surface area contributed by atoms with Crippen LogP contribution in [-0.4, -0.2) is 99.9 Å². The second-order valence-corrected chi connectivity index (χ2v) is 13.3. The predicted octanol–water partition coefficient (Wildman–Crippen LogP) is 4.17. The molecule has 0 N–H and O–H groups in total. The summed E-state index contributed by atoms with van der Waals surface area (Å²) >= 11 is 0. The SMILES string of the molecule is C=C[Si](OCCOC)(OCCOC)OCCOC.C=Cc1ccccc1CCCC[Si](OC)(OC)OC. The highest BCUT2D eigenvalue weighted by atomic mass is 28.4. The van der Waals surface area contributed by atoms with Gasteiger partial charge in [0, 0.05) is 48.7 Å². The van der Waals surface area contributed by atoms with Crippen LogP contribution < -0.4 is 0 Å². The molecule has 9 nitrogen and oxygen atoms in total. The van der Waals surface area contributed by atoms with E-state index in [1.807, 2.05) is 12.1 Å². The van der Waals surface area contributed by atoms with E-state index in [0.717, 1.165) is 25.3 Å². The minimum absolute atomic E-state index is 0.398. The average Bonchev–Trinajstić information content (AvgIpc) is 2.94. The molecule has 0 aliphatic carbocycles. The van der Waals surface area contributed by atoms with Gasteiger partial charge in [0.2, 0.25) is 0 Å². The minimum Gasteiger partial charge on any atom is -0.382 e. The van der Waals surface area contributed by atoms with Gasteiger partial charge in [-0.25, -0.2) is 0 Å². The molecule has 37 heavy (non-hydrogen) atoms. The van der Waals surface area contributed by atoms with Gasteiger partial charge in [-0.1, -0.05) is 43.5 Å². The summed E-state index contributed by atoms with van der Waals surface area (Å²) in [5.41, 5.74) is 4.17. The number of hydrogen-bond acceptors (Lipinski definition) is 9.